The largest absolute Gasteiger partial charge is 0.362 e. The molecule has 1 amide bonds. The average molecular weight is 452 g/mol. The lowest BCUT2D eigenvalue weighted by Crippen LogP contribution is -2.45. The number of rotatable bonds is 4. The Kier molecular flexibility index (Phi) is 6.00. The number of anilines is 1. The predicted octanol–water partition coefficient (Wildman–Crippen LogP) is 6.64. The number of thioether (sulfide) groups is 1. The van der Waals surface area contributed by atoms with Crippen LogP contribution in [-0.2, 0) is 4.79 Å². The zero-order chi connectivity index (χ0) is 22.2. The number of nitrogens with zero attached hydrogens (tertiary/aromatic N) is 2. The van der Waals surface area contributed by atoms with Crippen molar-refractivity contribution in [3.05, 3.63) is 69.6 Å². The molecule has 160 valence electrons. The van der Waals surface area contributed by atoms with Crippen molar-refractivity contribution in [2.45, 2.75) is 39.7 Å². The fraction of sp³-hybridized carbons (Fsp3) is 0.280. The van der Waals surface area contributed by atoms with Crippen LogP contribution in [0.1, 0.15) is 45.2 Å². The molecule has 2 aromatic carbocycles. The van der Waals surface area contributed by atoms with E-state index in [9.17, 15) is 4.79 Å². The molecule has 0 aliphatic carbocycles. The lowest BCUT2D eigenvalue weighted by Gasteiger charge is -2.43. The summed E-state index contributed by atoms with van der Waals surface area (Å²) in [6.07, 6.45) is 5.35. The number of allylic oxidation sites excluding steroid dienone is 1. The maximum absolute atomic E-state index is 12.5. The van der Waals surface area contributed by atoms with Gasteiger partial charge in [0.25, 0.3) is 5.91 Å². The first-order chi connectivity index (χ1) is 14.8. The van der Waals surface area contributed by atoms with Gasteiger partial charge in [-0.3, -0.25) is 4.79 Å². The van der Waals surface area contributed by atoms with Crippen molar-refractivity contribution in [3.63, 3.8) is 0 Å². The number of aliphatic imine (C=N–C) groups is 1. The quantitative estimate of drug-likeness (QED) is 0.529. The van der Waals surface area contributed by atoms with Crippen LogP contribution in [0.5, 0.6) is 0 Å². The van der Waals surface area contributed by atoms with E-state index in [2.05, 4.69) is 67.2 Å². The first-order valence-corrected chi connectivity index (χ1v) is 11.6. The molecule has 2 aromatic rings. The van der Waals surface area contributed by atoms with Gasteiger partial charge in [-0.05, 0) is 86.5 Å². The molecule has 0 radical (unpaired) electrons. The summed E-state index contributed by atoms with van der Waals surface area (Å²) in [5.41, 5.74) is 5.44. The van der Waals surface area contributed by atoms with E-state index in [0.717, 1.165) is 18.5 Å². The first-order valence-electron chi connectivity index (χ1n) is 10.4. The third-order valence-corrected chi connectivity index (χ3v) is 6.58. The highest BCUT2D eigenvalue weighted by Crippen LogP contribution is 2.40. The summed E-state index contributed by atoms with van der Waals surface area (Å²) in [6, 6.07) is 13.7. The third-order valence-electron chi connectivity index (χ3n) is 5.44. The van der Waals surface area contributed by atoms with E-state index in [1.54, 1.807) is 12.1 Å². The average Bonchev–Trinajstić information content (AvgIpc) is 3.03. The van der Waals surface area contributed by atoms with E-state index in [-0.39, 0.29) is 11.4 Å². The number of benzene rings is 2. The molecular formula is C25H26ClN3OS. The lowest BCUT2D eigenvalue weighted by molar-refractivity contribution is -0.115. The molecule has 4 rings (SSSR count). The smallest absolute Gasteiger partial charge is 0.264 e. The molecule has 2 aliphatic heterocycles. The zero-order valence-electron chi connectivity index (χ0n) is 18.2. The Labute approximate surface area is 193 Å². The van der Waals surface area contributed by atoms with E-state index in [1.165, 1.54) is 28.6 Å². The van der Waals surface area contributed by atoms with Gasteiger partial charge >= 0.3 is 0 Å². The molecular weight excluding hydrogens is 426 g/mol. The molecule has 1 fully saturated rings. The molecule has 2 aliphatic rings. The van der Waals surface area contributed by atoms with E-state index in [4.69, 9.17) is 11.6 Å². The zero-order valence-corrected chi connectivity index (χ0v) is 19.8. The van der Waals surface area contributed by atoms with Gasteiger partial charge in [0.1, 0.15) is 0 Å². The van der Waals surface area contributed by atoms with Crippen LogP contribution in [-0.4, -0.2) is 23.2 Å². The monoisotopic (exact) mass is 451 g/mol. The van der Waals surface area contributed by atoms with Gasteiger partial charge in [-0.15, -0.1) is 0 Å². The van der Waals surface area contributed by atoms with E-state index >= 15 is 0 Å². The van der Waals surface area contributed by atoms with Crippen LogP contribution < -0.4 is 10.2 Å². The number of carbonyl (C=O) groups excluding carboxylic acids is 1. The number of hydrogen-bond donors (Lipinski definition) is 1. The molecule has 0 spiro atoms. The standard InChI is InChI=1S/C25H26ClN3OS/c1-5-11-29-21-10-9-17(12-20(21)16(2)15-25(29,3)4)13-22-23(30)28-24(31-22)27-19-8-6-7-18(26)14-19/h6-10,12-15H,5,11H2,1-4H3,(H,27,28,30)/b22-13+. The number of nitrogens with one attached hydrogen (secondary N) is 1. The topological polar surface area (TPSA) is 44.7 Å². The van der Waals surface area contributed by atoms with E-state index in [0.29, 0.717) is 20.8 Å². The van der Waals surface area contributed by atoms with E-state index in [1.807, 2.05) is 18.2 Å². The van der Waals surface area contributed by atoms with Gasteiger partial charge in [0.15, 0.2) is 5.17 Å². The van der Waals surface area contributed by atoms with Gasteiger partial charge in [0.05, 0.1) is 16.1 Å². The molecule has 0 aromatic heterocycles. The SMILES string of the molecule is CCCN1c2ccc(/C=C3/SC(=Nc4cccc(Cl)c4)NC3=O)cc2C(C)=CC1(C)C. The summed E-state index contributed by atoms with van der Waals surface area (Å²) in [4.78, 5) is 20.1. The predicted molar refractivity (Wildman–Crippen MR) is 134 cm³/mol. The van der Waals surface area contributed by atoms with Gasteiger partial charge in [-0.1, -0.05) is 36.7 Å². The second-order valence-corrected chi connectivity index (χ2v) is 9.84. The molecule has 6 heteroatoms. The highest BCUT2D eigenvalue weighted by molar-refractivity contribution is 8.18. The number of amides is 1. The molecule has 31 heavy (non-hydrogen) atoms. The molecule has 0 unspecified atom stereocenters. The van der Waals surface area contributed by atoms with Crippen LogP contribution in [0.25, 0.3) is 11.6 Å². The summed E-state index contributed by atoms with van der Waals surface area (Å²) in [5, 5.41) is 4.02. The number of hydrogen-bond acceptors (Lipinski definition) is 4. The minimum atomic E-state index is -0.135. The van der Waals surface area contributed by atoms with Crippen molar-refractivity contribution in [2.24, 2.45) is 4.99 Å². The molecule has 4 nitrogen and oxygen atoms in total. The first kappa shape index (κ1) is 21.7. The minimum Gasteiger partial charge on any atom is -0.362 e. The summed E-state index contributed by atoms with van der Waals surface area (Å²) in [6.45, 7) is 9.88. The molecule has 1 saturated heterocycles. The number of carbonyl (C=O) groups is 1. The van der Waals surface area contributed by atoms with Crippen LogP contribution in [0.2, 0.25) is 5.02 Å². The van der Waals surface area contributed by atoms with Gasteiger partial charge in [-0.25, -0.2) is 4.99 Å². The Morgan fingerprint density at radius 1 is 1.23 bits per heavy atom. The van der Waals surface area contributed by atoms with Gasteiger partial charge in [-0.2, -0.15) is 0 Å². The summed E-state index contributed by atoms with van der Waals surface area (Å²) < 4.78 is 0. The van der Waals surface area contributed by atoms with Gasteiger partial charge in [0.2, 0.25) is 0 Å². The molecule has 1 N–H and O–H groups in total. The van der Waals surface area contributed by atoms with Crippen molar-refractivity contribution in [1.29, 1.82) is 0 Å². The minimum absolute atomic E-state index is 0.0139. The Morgan fingerprint density at radius 3 is 2.77 bits per heavy atom. The van der Waals surface area contributed by atoms with Gasteiger partial charge < -0.3 is 10.2 Å². The number of fused-ring (bicyclic) bond motifs is 1. The van der Waals surface area contributed by atoms with Crippen molar-refractivity contribution in [3.8, 4) is 0 Å². The number of amidine groups is 1. The maximum atomic E-state index is 12.5. The van der Waals surface area contributed by atoms with Crippen LogP contribution >= 0.6 is 23.4 Å². The van der Waals surface area contributed by atoms with Crippen molar-refractivity contribution >= 4 is 57.5 Å². The fourth-order valence-corrected chi connectivity index (χ4v) is 5.14. The maximum Gasteiger partial charge on any atom is 0.264 e. The van der Waals surface area contributed by atoms with Crippen LogP contribution in [0.3, 0.4) is 0 Å². The molecule has 0 atom stereocenters. The van der Waals surface area contributed by atoms with Gasteiger partial charge in [0, 0.05) is 22.8 Å². The van der Waals surface area contributed by atoms with Crippen molar-refractivity contribution in [2.75, 3.05) is 11.4 Å². The van der Waals surface area contributed by atoms with Crippen LogP contribution in [0, 0.1) is 0 Å². The molecule has 0 bridgehead atoms. The van der Waals surface area contributed by atoms with Crippen molar-refractivity contribution < 1.29 is 4.79 Å². The number of halogens is 1. The molecule has 2 heterocycles. The fourth-order valence-electron chi connectivity index (χ4n) is 4.12. The Hall–Kier alpha value is -2.50. The second kappa shape index (κ2) is 8.56. The Morgan fingerprint density at radius 2 is 2.03 bits per heavy atom. The summed E-state index contributed by atoms with van der Waals surface area (Å²) in [5.74, 6) is -0.135. The normalized spacial score (nSPS) is 20.1. The van der Waals surface area contributed by atoms with Crippen molar-refractivity contribution in [1.82, 2.24) is 5.32 Å². The summed E-state index contributed by atoms with van der Waals surface area (Å²) >= 11 is 7.37. The van der Waals surface area contributed by atoms with E-state index < -0.39 is 0 Å². The third kappa shape index (κ3) is 4.58. The second-order valence-electron chi connectivity index (χ2n) is 8.37. The van der Waals surface area contributed by atoms with Crippen LogP contribution in [0.4, 0.5) is 11.4 Å². The summed E-state index contributed by atoms with van der Waals surface area (Å²) in [7, 11) is 0. The highest BCUT2D eigenvalue weighted by Gasteiger charge is 2.31. The molecule has 0 saturated carbocycles. The lowest BCUT2D eigenvalue weighted by atomic mass is 9.88. The van der Waals surface area contributed by atoms with Crippen LogP contribution in [0.15, 0.2) is 58.4 Å². The Balaban J connectivity index is 1.63. The highest BCUT2D eigenvalue weighted by atomic mass is 35.5. The Bertz CT molecular complexity index is 1130.